The van der Waals surface area contributed by atoms with E-state index in [0.717, 1.165) is 37.2 Å². The molecule has 1 fully saturated rings. The van der Waals surface area contributed by atoms with Gasteiger partial charge in [-0.1, -0.05) is 0 Å². The third-order valence-electron chi connectivity index (χ3n) is 4.45. The fourth-order valence-corrected chi connectivity index (χ4v) is 3.56. The zero-order valence-electron chi connectivity index (χ0n) is 16.4. The van der Waals surface area contributed by atoms with E-state index < -0.39 is 12.1 Å². The van der Waals surface area contributed by atoms with Crippen LogP contribution in [-0.4, -0.2) is 96.2 Å². The predicted octanol–water partition coefficient (Wildman–Crippen LogP) is 1.71. The maximum Gasteiger partial charge on any atom is 0.248 e. The largest absolute Gasteiger partial charge is 0.379 e. The second kappa shape index (κ2) is 16.0. The van der Waals surface area contributed by atoms with Gasteiger partial charge < -0.3 is 19.3 Å². The maximum atomic E-state index is 13.2. The lowest BCUT2D eigenvalue weighted by Gasteiger charge is -2.45. The van der Waals surface area contributed by atoms with Gasteiger partial charge in [0.05, 0.1) is 13.2 Å². The van der Waals surface area contributed by atoms with Gasteiger partial charge in [0.15, 0.2) is 0 Å². The highest BCUT2D eigenvalue weighted by molar-refractivity contribution is 7.80. The summed E-state index contributed by atoms with van der Waals surface area (Å²) in [6.07, 6.45) is 3.05. The molecular weight excluding hydrogens is 436 g/mol. The molecule has 6 nitrogen and oxygen atoms in total. The van der Waals surface area contributed by atoms with E-state index in [0.29, 0.717) is 37.8 Å². The molecule has 0 saturated carbocycles. The second-order valence-electron chi connectivity index (χ2n) is 6.55. The standard InChI is InChI=1S/C18H34N2O4S4/c21-17-16(14-24-8-4-12-28)20(6-2-10-26)18(22)15(13-23-7-3-11-27)19(17)5-1-9-25/h15-16,25-28H,1-14H2/t15-,16-/m0/s1. The highest BCUT2D eigenvalue weighted by atomic mass is 32.1. The van der Waals surface area contributed by atoms with E-state index in [1.54, 1.807) is 9.80 Å². The molecule has 0 aromatic rings. The molecule has 0 aromatic heterocycles. The number of thiol groups is 4. The molecule has 1 rings (SSSR count). The summed E-state index contributed by atoms with van der Waals surface area (Å²) < 4.78 is 11.4. The highest BCUT2D eigenvalue weighted by Crippen LogP contribution is 2.21. The fourth-order valence-electron chi connectivity index (χ4n) is 3.02. The monoisotopic (exact) mass is 470 g/mol. The van der Waals surface area contributed by atoms with Crippen LogP contribution >= 0.6 is 50.5 Å². The van der Waals surface area contributed by atoms with Crippen molar-refractivity contribution in [3.63, 3.8) is 0 Å². The van der Waals surface area contributed by atoms with Crippen LogP contribution < -0.4 is 0 Å². The normalized spacial score (nSPS) is 20.3. The minimum atomic E-state index is -0.596. The Hall–Kier alpha value is 0.260. The molecule has 0 aromatic carbocycles. The summed E-state index contributed by atoms with van der Waals surface area (Å²) in [5.41, 5.74) is 0. The van der Waals surface area contributed by atoms with Crippen LogP contribution in [0.2, 0.25) is 0 Å². The number of ether oxygens (including phenoxy) is 2. The van der Waals surface area contributed by atoms with Gasteiger partial charge in [0, 0.05) is 26.3 Å². The second-order valence-corrected chi connectivity index (χ2v) is 8.34. The van der Waals surface area contributed by atoms with E-state index in [4.69, 9.17) is 9.47 Å². The first kappa shape index (κ1) is 26.3. The average molecular weight is 471 g/mol. The number of amides is 2. The van der Waals surface area contributed by atoms with Crippen LogP contribution in [0.1, 0.15) is 25.7 Å². The molecule has 2 atom stereocenters. The topological polar surface area (TPSA) is 59.1 Å². The van der Waals surface area contributed by atoms with E-state index in [2.05, 4.69) is 50.5 Å². The van der Waals surface area contributed by atoms with Crippen molar-refractivity contribution in [1.29, 1.82) is 0 Å². The van der Waals surface area contributed by atoms with Crippen molar-refractivity contribution in [3.8, 4) is 0 Å². The van der Waals surface area contributed by atoms with Gasteiger partial charge in [-0.2, -0.15) is 50.5 Å². The number of piperazine rings is 1. The number of rotatable bonds is 16. The third kappa shape index (κ3) is 8.55. The molecular formula is C18H34N2O4S4. The average Bonchev–Trinajstić information content (AvgIpc) is 2.70. The van der Waals surface area contributed by atoms with Crippen LogP contribution in [0.5, 0.6) is 0 Å². The summed E-state index contributed by atoms with van der Waals surface area (Å²) >= 11 is 16.9. The van der Waals surface area contributed by atoms with Crippen LogP contribution in [0.15, 0.2) is 0 Å². The Balaban J connectivity index is 2.92. The van der Waals surface area contributed by atoms with Gasteiger partial charge in [-0.3, -0.25) is 9.59 Å². The van der Waals surface area contributed by atoms with Gasteiger partial charge in [-0.25, -0.2) is 0 Å². The van der Waals surface area contributed by atoms with Gasteiger partial charge in [0.1, 0.15) is 12.1 Å². The Morgan fingerprint density at radius 2 is 1.00 bits per heavy atom. The Kier molecular flexibility index (Phi) is 15.0. The lowest BCUT2D eigenvalue weighted by atomic mass is 10.0. The molecule has 0 aliphatic carbocycles. The van der Waals surface area contributed by atoms with Gasteiger partial charge in [-0.15, -0.1) is 0 Å². The summed E-state index contributed by atoms with van der Waals surface area (Å²) in [4.78, 5) is 29.8. The summed E-state index contributed by atoms with van der Waals surface area (Å²) in [7, 11) is 0. The number of carbonyl (C=O) groups is 2. The zero-order chi connectivity index (χ0) is 20.8. The third-order valence-corrected chi connectivity index (χ3v) is 5.71. The molecule has 0 N–H and O–H groups in total. The number of hydrogen-bond donors (Lipinski definition) is 4. The van der Waals surface area contributed by atoms with Crippen LogP contribution in [0, 0.1) is 0 Å². The number of hydrogen-bond acceptors (Lipinski definition) is 8. The molecule has 1 heterocycles. The number of carbonyl (C=O) groups excluding carboxylic acids is 2. The maximum absolute atomic E-state index is 13.2. The summed E-state index contributed by atoms with van der Waals surface area (Å²) in [6, 6.07) is -1.19. The van der Waals surface area contributed by atoms with E-state index in [1.165, 1.54) is 0 Å². The van der Waals surface area contributed by atoms with Crippen LogP contribution in [0.4, 0.5) is 0 Å². The molecule has 1 aliphatic heterocycles. The number of nitrogens with zero attached hydrogens (tertiary/aromatic N) is 2. The summed E-state index contributed by atoms with van der Waals surface area (Å²) in [5, 5.41) is 0. The Morgan fingerprint density at radius 1 is 0.643 bits per heavy atom. The molecule has 0 bridgehead atoms. The minimum Gasteiger partial charge on any atom is -0.379 e. The van der Waals surface area contributed by atoms with Gasteiger partial charge in [-0.05, 0) is 48.7 Å². The molecule has 1 aliphatic rings. The van der Waals surface area contributed by atoms with Crippen molar-refractivity contribution in [2.75, 3.05) is 62.5 Å². The molecule has 0 spiro atoms. The molecule has 10 heteroatoms. The molecule has 0 radical (unpaired) electrons. The zero-order valence-corrected chi connectivity index (χ0v) is 19.9. The van der Waals surface area contributed by atoms with Crippen LogP contribution in [-0.2, 0) is 19.1 Å². The molecule has 28 heavy (non-hydrogen) atoms. The molecule has 1 saturated heterocycles. The van der Waals surface area contributed by atoms with Crippen molar-refractivity contribution >= 4 is 62.3 Å². The first-order valence-electron chi connectivity index (χ1n) is 9.82. The Morgan fingerprint density at radius 3 is 1.32 bits per heavy atom. The Labute approximate surface area is 191 Å². The fraction of sp³-hybridized carbons (Fsp3) is 0.889. The summed E-state index contributed by atoms with van der Waals surface area (Å²) in [6.45, 7) is 2.43. The smallest absolute Gasteiger partial charge is 0.248 e. The van der Waals surface area contributed by atoms with E-state index in [9.17, 15) is 9.59 Å². The van der Waals surface area contributed by atoms with Crippen LogP contribution in [0.25, 0.3) is 0 Å². The van der Waals surface area contributed by atoms with E-state index in [-0.39, 0.29) is 25.0 Å². The van der Waals surface area contributed by atoms with Crippen molar-refractivity contribution in [2.24, 2.45) is 0 Å². The lowest BCUT2D eigenvalue weighted by Crippen LogP contribution is -2.67. The highest BCUT2D eigenvalue weighted by Gasteiger charge is 2.45. The van der Waals surface area contributed by atoms with Gasteiger partial charge in [0.2, 0.25) is 11.8 Å². The van der Waals surface area contributed by atoms with E-state index >= 15 is 0 Å². The molecule has 0 unspecified atom stereocenters. The Bertz CT molecular complexity index is 419. The lowest BCUT2D eigenvalue weighted by molar-refractivity contribution is -0.167. The van der Waals surface area contributed by atoms with Crippen molar-refractivity contribution in [1.82, 2.24) is 9.80 Å². The predicted molar refractivity (Wildman–Crippen MR) is 127 cm³/mol. The first-order valence-corrected chi connectivity index (χ1v) is 12.3. The first-order chi connectivity index (χ1) is 13.6. The minimum absolute atomic E-state index is 0.0748. The van der Waals surface area contributed by atoms with Crippen molar-refractivity contribution < 1.29 is 19.1 Å². The summed E-state index contributed by atoms with van der Waals surface area (Å²) in [5.74, 6) is 2.60. The molecule has 164 valence electrons. The van der Waals surface area contributed by atoms with Crippen LogP contribution in [0.3, 0.4) is 0 Å². The van der Waals surface area contributed by atoms with Crippen molar-refractivity contribution in [2.45, 2.75) is 37.8 Å². The van der Waals surface area contributed by atoms with Gasteiger partial charge >= 0.3 is 0 Å². The quantitative estimate of drug-likeness (QED) is 0.205. The van der Waals surface area contributed by atoms with Crippen molar-refractivity contribution in [3.05, 3.63) is 0 Å². The SMILES string of the molecule is O=C1[C@H](COCCCS)N(CCCS)C(=O)[C@H](COCCCS)N1CCCS. The van der Waals surface area contributed by atoms with E-state index in [1.807, 2.05) is 0 Å². The van der Waals surface area contributed by atoms with Gasteiger partial charge in [0.25, 0.3) is 0 Å². The molecule has 2 amide bonds.